The summed E-state index contributed by atoms with van der Waals surface area (Å²) in [5.41, 5.74) is 0.235. The van der Waals surface area contributed by atoms with Crippen molar-refractivity contribution in [2.75, 3.05) is 18.4 Å². The zero-order valence-electron chi connectivity index (χ0n) is 14.2. The third-order valence-electron chi connectivity index (χ3n) is 3.58. The fourth-order valence-electron chi connectivity index (χ4n) is 2.36. The molecule has 0 radical (unpaired) electrons. The zero-order chi connectivity index (χ0) is 19.1. The van der Waals surface area contributed by atoms with Crippen molar-refractivity contribution in [3.8, 4) is 5.82 Å². The number of nitrogens with zero attached hydrogens (tertiary/aromatic N) is 3. The number of halogens is 2. The molecule has 0 saturated carbocycles. The van der Waals surface area contributed by atoms with Crippen molar-refractivity contribution >= 4 is 23.5 Å². The van der Waals surface area contributed by atoms with E-state index >= 15 is 0 Å². The Morgan fingerprint density at radius 2 is 1.81 bits per heavy atom. The monoisotopic (exact) mass is 389 g/mol. The van der Waals surface area contributed by atoms with E-state index in [4.69, 9.17) is 0 Å². The number of benzene rings is 1. The molecule has 27 heavy (non-hydrogen) atoms. The molecule has 0 aliphatic carbocycles. The first-order valence-electron chi connectivity index (χ1n) is 8.16. The molecule has 2 heterocycles. The molecule has 1 aromatic carbocycles. The largest absolute Gasteiger partial charge is 0.367 e. The Morgan fingerprint density at radius 3 is 2.52 bits per heavy atom. The normalized spacial score (nSPS) is 10.8. The van der Waals surface area contributed by atoms with E-state index in [0.717, 1.165) is 0 Å². The second-order valence-electron chi connectivity index (χ2n) is 5.42. The Kier molecular flexibility index (Phi) is 6.37. The third-order valence-corrected chi connectivity index (χ3v) is 4.37. The SMILES string of the molecule is O=C(NCCNc1ccc(-n2cccc2)nn1)c1ccccc1SC(F)F. The molecule has 6 nitrogen and oxygen atoms in total. The number of nitrogens with one attached hydrogen (secondary N) is 2. The van der Waals surface area contributed by atoms with Crippen LogP contribution in [0.4, 0.5) is 14.6 Å². The number of rotatable bonds is 8. The Bertz CT molecular complexity index is 872. The number of carbonyl (C=O) groups excluding carboxylic acids is 1. The first kappa shape index (κ1) is 18.8. The van der Waals surface area contributed by atoms with Crippen LogP contribution in [0, 0.1) is 0 Å². The molecular weight excluding hydrogens is 372 g/mol. The van der Waals surface area contributed by atoms with Crippen LogP contribution >= 0.6 is 11.8 Å². The number of thioether (sulfide) groups is 1. The number of hydrogen-bond acceptors (Lipinski definition) is 5. The van der Waals surface area contributed by atoms with Gasteiger partial charge in [-0.25, -0.2) is 0 Å². The van der Waals surface area contributed by atoms with Crippen LogP contribution in [0.3, 0.4) is 0 Å². The summed E-state index contributed by atoms with van der Waals surface area (Å²) < 4.78 is 27.0. The molecule has 3 aromatic rings. The zero-order valence-corrected chi connectivity index (χ0v) is 15.0. The summed E-state index contributed by atoms with van der Waals surface area (Å²) in [6.45, 7) is 0.737. The maximum atomic E-state index is 12.6. The van der Waals surface area contributed by atoms with Crippen LogP contribution in [-0.2, 0) is 0 Å². The van der Waals surface area contributed by atoms with E-state index in [0.29, 0.717) is 36.5 Å². The van der Waals surface area contributed by atoms with Gasteiger partial charge in [-0.1, -0.05) is 23.9 Å². The minimum absolute atomic E-state index is 0.235. The van der Waals surface area contributed by atoms with Gasteiger partial charge in [-0.3, -0.25) is 4.79 Å². The van der Waals surface area contributed by atoms with Crippen LogP contribution in [0.1, 0.15) is 10.4 Å². The van der Waals surface area contributed by atoms with Crippen LogP contribution in [0.25, 0.3) is 5.82 Å². The summed E-state index contributed by atoms with van der Waals surface area (Å²) >= 11 is 0.360. The van der Waals surface area contributed by atoms with Gasteiger partial charge in [-0.2, -0.15) is 8.78 Å². The molecule has 0 aliphatic heterocycles. The molecule has 0 bridgehead atoms. The lowest BCUT2D eigenvalue weighted by Crippen LogP contribution is -2.29. The molecule has 3 rings (SSSR count). The van der Waals surface area contributed by atoms with Crippen LogP contribution in [0.5, 0.6) is 0 Å². The number of alkyl halides is 2. The van der Waals surface area contributed by atoms with Gasteiger partial charge in [0.1, 0.15) is 5.82 Å². The van der Waals surface area contributed by atoms with Gasteiger partial charge in [0.25, 0.3) is 11.7 Å². The van der Waals surface area contributed by atoms with E-state index in [9.17, 15) is 13.6 Å². The van der Waals surface area contributed by atoms with Crippen LogP contribution in [0.2, 0.25) is 0 Å². The summed E-state index contributed by atoms with van der Waals surface area (Å²) in [7, 11) is 0. The first-order valence-corrected chi connectivity index (χ1v) is 9.04. The van der Waals surface area contributed by atoms with Crippen LogP contribution in [-0.4, -0.2) is 39.5 Å². The van der Waals surface area contributed by atoms with Crippen molar-refractivity contribution in [1.82, 2.24) is 20.1 Å². The molecule has 0 atom stereocenters. The van der Waals surface area contributed by atoms with Gasteiger partial charge in [0.05, 0.1) is 5.56 Å². The molecule has 0 aliphatic rings. The lowest BCUT2D eigenvalue weighted by Gasteiger charge is -2.10. The van der Waals surface area contributed by atoms with E-state index < -0.39 is 11.7 Å². The minimum atomic E-state index is -2.58. The fourth-order valence-corrected chi connectivity index (χ4v) is 3.00. The average Bonchev–Trinajstić information content (AvgIpc) is 3.20. The van der Waals surface area contributed by atoms with Crippen molar-refractivity contribution in [3.63, 3.8) is 0 Å². The van der Waals surface area contributed by atoms with E-state index in [2.05, 4.69) is 20.8 Å². The van der Waals surface area contributed by atoms with Gasteiger partial charge in [-0.15, -0.1) is 10.2 Å². The molecule has 0 fully saturated rings. The summed E-state index contributed by atoms with van der Waals surface area (Å²) in [5.74, 6) is -1.69. The van der Waals surface area contributed by atoms with Crippen molar-refractivity contribution in [1.29, 1.82) is 0 Å². The Hall–Kier alpha value is -2.94. The summed E-state index contributed by atoms with van der Waals surface area (Å²) in [6, 6.07) is 13.7. The maximum Gasteiger partial charge on any atom is 0.288 e. The van der Waals surface area contributed by atoms with Gasteiger partial charge < -0.3 is 15.2 Å². The number of carbonyl (C=O) groups is 1. The Morgan fingerprint density at radius 1 is 1.04 bits per heavy atom. The van der Waals surface area contributed by atoms with Gasteiger partial charge >= 0.3 is 0 Å². The standard InChI is InChI=1S/C18H17F2N5OS/c19-18(20)27-14-6-2-1-5-13(14)17(26)22-10-9-21-15-7-8-16(24-23-15)25-11-3-4-12-25/h1-8,11-12,18H,9-10H2,(H,21,23)(H,22,26). The molecule has 0 saturated heterocycles. The topological polar surface area (TPSA) is 71.8 Å². The summed E-state index contributed by atoms with van der Waals surface area (Å²) in [4.78, 5) is 12.5. The highest BCUT2D eigenvalue weighted by Gasteiger charge is 2.14. The van der Waals surface area contributed by atoms with Gasteiger partial charge in [0.15, 0.2) is 5.82 Å². The summed E-state index contributed by atoms with van der Waals surface area (Å²) in [5, 5.41) is 13.9. The fraction of sp³-hybridized carbons (Fsp3) is 0.167. The highest BCUT2D eigenvalue weighted by Crippen LogP contribution is 2.28. The Balaban J connectivity index is 1.48. The summed E-state index contributed by atoms with van der Waals surface area (Å²) in [6.07, 6.45) is 3.74. The Labute approximate surface area is 159 Å². The molecule has 0 spiro atoms. The number of hydrogen-bond donors (Lipinski definition) is 2. The van der Waals surface area contributed by atoms with Crippen LogP contribution in [0.15, 0.2) is 65.8 Å². The van der Waals surface area contributed by atoms with Gasteiger partial charge in [0.2, 0.25) is 0 Å². The quantitative estimate of drug-likeness (QED) is 0.456. The molecule has 140 valence electrons. The van der Waals surface area contributed by atoms with Gasteiger partial charge in [-0.05, 0) is 36.4 Å². The van der Waals surface area contributed by atoms with E-state index in [-0.39, 0.29) is 10.5 Å². The first-order chi connectivity index (χ1) is 13.1. The van der Waals surface area contributed by atoms with Crippen molar-refractivity contribution in [2.24, 2.45) is 0 Å². The number of aromatic nitrogens is 3. The highest BCUT2D eigenvalue weighted by atomic mass is 32.2. The second kappa shape index (κ2) is 9.13. The van der Waals surface area contributed by atoms with E-state index in [1.165, 1.54) is 12.1 Å². The van der Waals surface area contributed by atoms with Crippen molar-refractivity contribution in [3.05, 3.63) is 66.5 Å². The predicted molar refractivity (Wildman–Crippen MR) is 100 cm³/mol. The van der Waals surface area contributed by atoms with E-state index in [1.807, 2.05) is 35.2 Å². The number of anilines is 1. The third kappa shape index (κ3) is 5.27. The minimum Gasteiger partial charge on any atom is -0.367 e. The molecule has 1 amide bonds. The second-order valence-corrected chi connectivity index (χ2v) is 6.46. The molecule has 2 N–H and O–H groups in total. The molecular formula is C18H17F2N5OS. The highest BCUT2D eigenvalue weighted by molar-refractivity contribution is 7.99. The van der Waals surface area contributed by atoms with Crippen molar-refractivity contribution < 1.29 is 13.6 Å². The lowest BCUT2D eigenvalue weighted by molar-refractivity contribution is 0.0952. The number of amides is 1. The lowest BCUT2D eigenvalue weighted by atomic mass is 10.2. The van der Waals surface area contributed by atoms with Crippen LogP contribution < -0.4 is 10.6 Å². The predicted octanol–water partition coefficient (Wildman–Crippen LogP) is 3.42. The molecule has 9 heteroatoms. The smallest absolute Gasteiger partial charge is 0.288 e. The molecule has 0 unspecified atom stereocenters. The van der Waals surface area contributed by atoms with E-state index in [1.54, 1.807) is 18.2 Å². The van der Waals surface area contributed by atoms with Gasteiger partial charge in [0, 0.05) is 30.4 Å². The maximum absolute atomic E-state index is 12.6. The molecule has 2 aromatic heterocycles. The average molecular weight is 389 g/mol. The van der Waals surface area contributed by atoms with Crippen molar-refractivity contribution in [2.45, 2.75) is 10.7 Å².